The lowest BCUT2D eigenvalue weighted by Crippen LogP contribution is -2.38. The van der Waals surface area contributed by atoms with Crippen molar-refractivity contribution in [2.45, 2.75) is 19.3 Å². The molecule has 0 saturated carbocycles. The standard InChI is InChI=1S/C22H19F3N4O3/c23-22(24,25)21(31)29(20-6-2-1-5-19(20)26)18-9-7-16(8-10-18)13-28(15-30)32-14-17-4-3-11-27-12-17/h1-12,15H,13-14,26H2. The number of hydrogen-bond donors (Lipinski definition) is 1. The third kappa shape index (κ3) is 5.61. The van der Waals surface area contributed by atoms with E-state index >= 15 is 0 Å². The number of hydrogen-bond acceptors (Lipinski definition) is 5. The van der Waals surface area contributed by atoms with Gasteiger partial charge in [-0.3, -0.25) is 24.3 Å². The molecule has 166 valence electrons. The lowest BCUT2D eigenvalue weighted by Gasteiger charge is -2.25. The Morgan fingerprint density at radius 3 is 2.34 bits per heavy atom. The topological polar surface area (TPSA) is 88.8 Å². The van der Waals surface area contributed by atoms with Gasteiger partial charge in [0.05, 0.1) is 17.9 Å². The number of alkyl halides is 3. The predicted molar refractivity (Wildman–Crippen MR) is 111 cm³/mol. The van der Waals surface area contributed by atoms with E-state index in [1.54, 1.807) is 30.6 Å². The van der Waals surface area contributed by atoms with Gasteiger partial charge in [0.1, 0.15) is 6.61 Å². The van der Waals surface area contributed by atoms with Gasteiger partial charge in [-0.05, 0) is 41.5 Å². The van der Waals surface area contributed by atoms with Crippen LogP contribution in [0.2, 0.25) is 0 Å². The van der Waals surface area contributed by atoms with E-state index < -0.39 is 12.1 Å². The molecule has 2 aromatic carbocycles. The summed E-state index contributed by atoms with van der Waals surface area (Å²) in [7, 11) is 0. The number of aromatic nitrogens is 1. The lowest BCUT2D eigenvalue weighted by atomic mass is 10.1. The van der Waals surface area contributed by atoms with Crippen LogP contribution in [0.3, 0.4) is 0 Å². The molecular weight excluding hydrogens is 425 g/mol. The molecule has 0 spiro atoms. The molecule has 0 radical (unpaired) electrons. The molecule has 0 fully saturated rings. The van der Waals surface area contributed by atoms with Crippen LogP contribution in [0, 0.1) is 0 Å². The first-order chi connectivity index (χ1) is 15.3. The van der Waals surface area contributed by atoms with Crippen molar-refractivity contribution in [3.8, 4) is 0 Å². The molecular formula is C22H19F3N4O3. The zero-order valence-electron chi connectivity index (χ0n) is 16.7. The predicted octanol–water partition coefficient (Wildman–Crippen LogP) is 3.98. The normalized spacial score (nSPS) is 11.1. The van der Waals surface area contributed by atoms with Gasteiger partial charge in [-0.15, -0.1) is 0 Å². The number of nitrogens with two attached hydrogens (primary N) is 1. The fraction of sp³-hybridized carbons (Fsp3) is 0.136. The largest absolute Gasteiger partial charge is 0.472 e. The van der Waals surface area contributed by atoms with Crippen molar-refractivity contribution in [3.63, 3.8) is 0 Å². The number of carbonyl (C=O) groups excluding carboxylic acids is 2. The summed E-state index contributed by atoms with van der Waals surface area (Å²) in [6, 6.07) is 15.0. The maximum atomic E-state index is 13.2. The minimum absolute atomic E-state index is 0.0186. The zero-order chi connectivity index (χ0) is 23.1. The van der Waals surface area contributed by atoms with E-state index in [2.05, 4.69) is 4.98 Å². The van der Waals surface area contributed by atoms with Crippen LogP contribution in [0.4, 0.5) is 30.2 Å². The van der Waals surface area contributed by atoms with E-state index in [-0.39, 0.29) is 30.2 Å². The number of benzene rings is 2. The van der Waals surface area contributed by atoms with E-state index in [1.165, 1.54) is 42.5 Å². The highest BCUT2D eigenvalue weighted by atomic mass is 19.4. The lowest BCUT2D eigenvalue weighted by molar-refractivity contribution is -0.181. The van der Waals surface area contributed by atoms with Crippen LogP contribution in [0.15, 0.2) is 73.1 Å². The molecule has 0 aliphatic heterocycles. The average Bonchev–Trinajstić information content (AvgIpc) is 2.79. The number of halogens is 3. The summed E-state index contributed by atoms with van der Waals surface area (Å²) < 4.78 is 39.7. The van der Waals surface area contributed by atoms with Crippen LogP contribution in [-0.4, -0.2) is 28.5 Å². The Labute approximate surface area is 181 Å². The van der Waals surface area contributed by atoms with Crippen molar-refractivity contribution in [2.75, 3.05) is 10.6 Å². The van der Waals surface area contributed by atoms with Crippen molar-refractivity contribution in [3.05, 3.63) is 84.2 Å². The second-order valence-corrected chi connectivity index (χ2v) is 6.68. The van der Waals surface area contributed by atoms with E-state index in [0.717, 1.165) is 10.6 Å². The Kier molecular flexibility index (Phi) is 7.06. The number of pyridine rings is 1. The third-order valence-corrected chi connectivity index (χ3v) is 4.39. The van der Waals surface area contributed by atoms with Gasteiger partial charge in [0.2, 0.25) is 6.41 Å². The molecule has 3 aromatic rings. The summed E-state index contributed by atoms with van der Waals surface area (Å²) >= 11 is 0. The minimum Gasteiger partial charge on any atom is -0.397 e. The number of nitrogens with zero attached hydrogens (tertiary/aromatic N) is 3. The van der Waals surface area contributed by atoms with Gasteiger partial charge in [0.15, 0.2) is 0 Å². The van der Waals surface area contributed by atoms with Gasteiger partial charge in [0, 0.05) is 18.1 Å². The van der Waals surface area contributed by atoms with Crippen molar-refractivity contribution >= 4 is 29.4 Å². The number of rotatable bonds is 8. The number of para-hydroxylation sites is 2. The first-order valence-corrected chi connectivity index (χ1v) is 9.38. The van der Waals surface area contributed by atoms with Gasteiger partial charge in [-0.25, -0.2) is 5.06 Å². The number of anilines is 3. The highest BCUT2D eigenvalue weighted by molar-refractivity contribution is 6.05. The van der Waals surface area contributed by atoms with E-state index in [1.807, 2.05) is 0 Å². The van der Waals surface area contributed by atoms with E-state index in [9.17, 15) is 22.8 Å². The highest BCUT2D eigenvalue weighted by Crippen LogP contribution is 2.34. The smallest absolute Gasteiger partial charge is 0.397 e. The van der Waals surface area contributed by atoms with Crippen molar-refractivity contribution in [1.82, 2.24) is 10.0 Å². The van der Waals surface area contributed by atoms with E-state index in [0.29, 0.717) is 16.9 Å². The Morgan fingerprint density at radius 2 is 1.75 bits per heavy atom. The Morgan fingerprint density at radius 1 is 1.03 bits per heavy atom. The highest BCUT2D eigenvalue weighted by Gasteiger charge is 2.44. The summed E-state index contributed by atoms with van der Waals surface area (Å²) in [6.45, 7) is 0.163. The Hall–Kier alpha value is -3.92. The first kappa shape index (κ1) is 22.8. The molecule has 0 saturated heterocycles. The SMILES string of the molecule is Nc1ccccc1N(C(=O)C(F)(F)F)c1ccc(CN(C=O)OCc2cccnc2)cc1. The second-order valence-electron chi connectivity index (χ2n) is 6.68. The summed E-state index contributed by atoms with van der Waals surface area (Å²) in [4.78, 5) is 33.3. The molecule has 3 rings (SSSR count). The van der Waals surface area contributed by atoms with Crippen LogP contribution < -0.4 is 10.6 Å². The quantitative estimate of drug-likeness (QED) is 0.323. The van der Waals surface area contributed by atoms with E-state index in [4.69, 9.17) is 10.6 Å². The van der Waals surface area contributed by atoms with Gasteiger partial charge in [-0.1, -0.05) is 30.3 Å². The average molecular weight is 444 g/mol. The van der Waals surface area contributed by atoms with Gasteiger partial charge >= 0.3 is 12.1 Å². The number of amides is 2. The summed E-state index contributed by atoms with van der Waals surface area (Å²) in [5.41, 5.74) is 7.05. The number of carbonyl (C=O) groups is 2. The van der Waals surface area contributed by atoms with Crippen LogP contribution in [-0.2, 0) is 27.6 Å². The number of nitrogen functional groups attached to an aromatic ring is 1. The molecule has 1 heterocycles. The molecule has 0 bridgehead atoms. The fourth-order valence-electron chi connectivity index (χ4n) is 2.87. The third-order valence-electron chi connectivity index (χ3n) is 4.39. The minimum atomic E-state index is -5.10. The maximum Gasteiger partial charge on any atom is 0.472 e. The maximum absolute atomic E-state index is 13.2. The molecule has 1 aromatic heterocycles. The zero-order valence-corrected chi connectivity index (χ0v) is 16.7. The van der Waals surface area contributed by atoms with Gasteiger partial charge in [-0.2, -0.15) is 13.2 Å². The monoisotopic (exact) mass is 444 g/mol. The summed E-state index contributed by atoms with van der Waals surface area (Å²) in [5, 5.41) is 1.05. The van der Waals surface area contributed by atoms with Crippen LogP contribution in [0.5, 0.6) is 0 Å². The molecule has 0 aliphatic carbocycles. The van der Waals surface area contributed by atoms with Crippen molar-refractivity contribution in [1.29, 1.82) is 0 Å². The van der Waals surface area contributed by atoms with Gasteiger partial charge < -0.3 is 5.73 Å². The molecule has 2 amide bonds. The van der Waals surface area contributed by atoms with Gasteiger partial charge in [0.25, 0.3) is 0 Å². The van der Waals surface area contributed by atoms with Crippen LogP contribution in [0.25, 0.3) is 0 Å². The molecule has 0 unspecified atom stereocenters. The Balaban J connectivity index is 1.78. The fourth-order valence-corrected chi connectivity index (χ4v) is 2.87. The first-order valence-electron chi connectivity index (χ1n) is 9.38. The molecule has 32 heavy (non-hydrogen) atoms. The molecule has 0 atom stereocenters. The molecule has 0 aliphatic rings. The molecule has 7 nitrogen and oxygen atoms in total. The summed E-state index contributed by atoms with van der Waals surface area (Å²) in [5.74, 6) is -2.07. The van der Waals surface area contributed by atoms with Crippen molar-refractivity contribution < 1.29 is 27.6 Å². The van der Waals surface area contributed by atoms with Crippen LogP contribution in [0.1, 0.15) is 11.1 Å². The van der Waals surface area contributed by atoms with Crippen LogP contribution >= 0.6 is 0 Å². The van der Waals surface area contributed by atoms with Crippen molar-refractivity contribution in [2.24, 2.45) is 0 Å². The molecule has 10 heteroatoms. The summed E-state index contributed by atoms with van der Waals surface area (Å²) in [6.07, 6.45) is -1.40. The molecule has 2 N–H and O–H groups in total. The number of hydroxylamine groups is 2. The Bertz CT molecular complexity index is 1060. The second kappa shape index (κ2) is 9.92.